The van der Waals surface area contributed by atoms with E-state index in [-0.39, 0.29) is 0 Å². The molecule has 0 fully saturated rings. The van der Waals surface area contributed by atoms with Gasteiger partial charge >= 0.3 is 0 Å². The van der Waals surface area contributed by atoms with E-state index in [0.717, 1.165) is 38.8 Å². The van der Waals surface area contributed by atoms with Gasteiger partial charge in [0.05, 0.1) is 5.52 Å². The van der Waals surface area contributed by atoms with Gasteiger partial charge in [-0.2, -0.15) is 0 Å². The zero-order valence-corrected chi connectivity index (χ0v) is 12.8. The average molecular weight is 296 g/mol. The summed E-state index contributed by atoms with van der Waals surface area (Å²) in [5.74, 6) is 0. The first kappa shape index (κ1) is 14.0. The normalized spacial score (nSPS) is 11.0. The molecule has 4 nitrogen and oxygen atoms in total. The Labute approximate surface area is 128 Å². The lowest BCUT2D eigenvalue weighted by atomic mass is 10.1. The van der Waals surface area contributed by atoms with Gasteiger partial charge in [0.25, 0.3) is 0 Å². The van der Waals surface area contributed by atoms with Crippen LogP contribution in [-0.2, 0) is 6.54 Å². The first-order valence-electron chi connectivity index (χ1n) is 6.76. The highest BCUT2D eigenvalue weighted by Crippen LogP contribution is 2.28. The summed E-state index contributed by atoms with van der Waals surface area (Å²) in [5, 5.41) is 6.01. The molecule has 0 aliphatic heterocycles. The molecule has 0 bridgehead atoms. The van der Waals surface area contributed by atoms with Gasteiger partial charge in [0.15, 0.2) is 5.16 Å². The number of aromatic nitrogens is 3. The van der Waals surface area contributed by atoms with Crippen molar-refractivity contribution >= 4 is 22.7 Å². The van der Waals surface area contributed by atoms with E-state index in [2.05, 4.69) is 27.4 Å². The molecule has 1 N–H and O–H groups in total. The summed E-state index contributed by atoms with van der Waals surface area (Å²) in [6.07, 6.45) is 3.66. The Kier molecular flexibility index (Phi) is 4.13. The Morgan fingerprint density at radius 2 is 1.90 bits per heavy atom. The lowest BCUT2D eigenvalue weighted by molar-refractivity contribution is 0.792. The Morgan fingerprint density at radius 3 is 2.67 bits per heavy atom. The molecule has 0 aliphatic rings. The number of hydrogen-bond donors (Lipinski definition) is 1. The van der Waals surface area contributed by atoms with Gasteiger partial charge in [-0.05, 0) is 49.0 Å². The molecule has 0 spiro atoms. The third kappa shape index (κ3) is 3.20. The van der Waals surface area contributed by atoms with E-state index >= 15 is 0 Å². The summed E-state index contributed by atoms with van der Waals surface area (Å²) in [6.45, 7) is 2.75. The molecular weight excluding hydrogens is 280 g/mol. The van der Waals surface area contributed by atoms with Gasteiger partial charge in [-0.25, -0.2) is 15.0 Å². The van der Waals surface area contributed by atoms with Gasteiger partial charge in [0.2, 0.25) is 0 Å². The minimum absolute atomic E-state index is 0.723. The Morgan fingerprint density at radius 1 is 1.14 bits per heavy atom. The fraction of sp³-hybridized carbons (Fsp3) is 0.188. The van der Waals surface area contributed by atoms with E-state index in [9.17, 15) is 0 Å². The maximum Gasteiger partial charge on any atom is 0.193 e. The fourth-order valence-corrected chi connectivity index (χ4v) is 2.86. The number of nitrogens with zero attached hydrogens (tertiary/aromatic N) is 3. The molecular formula is C16H16N4S. The van der Waals surface area contributed by atoms with Crippen molar-refractivity contribution in [3.63, 3.8) is 0 Å². The van der Waals surface area contributed by atoms with Gasteiger partial charge in [-0.3, -0.25) is 0 Å². The van der Waals surface area contributed by atoms with Crippen LogP contribution in [0.5, 0.6) is 0 Å². The summed E-state index contributed by atoms with van der Waals surface area (Å²) >= 11 is 1.50. The smallest absolute Gasteiger partial charge is 0.193 e. The first-order chi connectivity index (χ1) is 10.3. The van der Waals surface area contributed by atoms with Crippen LogP contribution in [0.3, 0.4) is 0 Å². The number of fused-ring (bicyclic) bond motifs is 1. The molecule has 5 heteroatoms. The van der Waals surface area contributed by atoms with E-state index in [1.807, 2.05) is 44.6 Å². The highest BCUT2D eigenvalue weighted by molar-refractivity contribution is 7.99. The van der Waals surface area contributed by atoms with Crippen LogP contribution in [0, 0.1) is 6.92 Å². The first-order valence-corrected chi connectivity index (χ1v) is 7.57. The zero-order chi connectivity index (χ0) is 14.7. The van der Waals surface area contributed by atoms with Gasteiger partial charge < -0.3 is 5.32 Å². The second-order valence-electron chi connectivity index (χ2n) is 4.82. The van der Waals surface area contributed by atoms with Gasteiger partial charge in [0, 0.05) is 24.3 Å². The van der Waals surface area contributed by atoms with Crippen molar-refractivity contribution in [1.82, 2.24) is 20.3 Å². The molecule has 0 amide bonds. The Balaban J connectivity index is 2.02. The number of para-hydroxylation sites is 1. The highest BCUT2D eigenvalue weighted by atomic mass is 32.2. The quantitative estimate of drug-likeness (QED) is 0.749. The van der Waals surface area contributed by atoms with Crippen LogP contribution in [-0.4, -0.2) is 22.0 Å². The molecule has 3 aromatic rings. The van der Waals surface area contributed by atoms with Crippen molar-refractivity contribution in [2.24, 2.45) is 0 Å². The Bertz CT molecular complexity index is 756. The highest BCUT2D eigenvalue weighted by Gasteiger charge is 2.09. The molecule has 3 rings (SSSR count). The van der Waals surface area contributed by atoms with E-state index in [1.54, 1.807) is 0 Å². The predicted molar refractivity (Wildman–Crippen MR) is 85.4 cm³/mol. The Hall–Kier alpha value is -1.98. The van der Waals surface area contributed by atoms with Crippen molar-refractivity contribution in [3.8, 4) is 0 Å². The minimum Gasteiger partial charge on any atom is -0.316 e. The largest absolute Gasteiger partial charge is 0.316 e. The number of nitrogens with one attached hydrogen (secondary N) is 1. The standard InChI is InChI=1S/C16H16N4S/c1-11-8-18-16(19-9-11)21-15-13(10-17-2)7-12-5-3-4-6-14(12)20-15/h3-9,17H,10H2,1-2H3. The van der Waals surface area contributed by atoms with Crippen LogP contribution < -0.4 is 5.32 Å². The molecule has 0 radical (unpaired) electrons. The lowest BCUT2D eigenvalue weighted by Gasteiger charge is -2.09. The van der Waals surface area contributed by atoms with E-state index in [1.165, 1.54) is 11.8 Å². The summed E-state index contributed by atoms with van der Waals surface area (Å²) in [4.78, 5) is 13.4. The van der Waals surface area contributed by atoms with Crippen LogP contribution in [0.2, 0.25) is 0 Å². The molecule has 21 heavy (non-hydrogen) atoms. The summed E-state index contributed by atoms with van der Waals surface area (Å²) in [7, 11) is 1.94. The number of hydrogen-bond acceptors (Lipinski definition) is 5. The van der Waals surface area contributed by atoms with Crippen LogP contribution in [0.25, 0.3) is 10.9 Å². The molecule has 2 heterocycles. The van der Waals surface area contributed by atoms with Crippen molar-refractivity contribution in [3.05, 3.63) is 53.9 Å². The van der Waals surface area contributed by atoms with Crippen LogP contribution >= 0.6 is 11.8 Å². The summed E-state index contributed by atoms with van der Waals surface area (Å²) in [6, 6.07) is 10.3. The number of benzene rings is 1. The number of pyridine rings is 1. The lowest BCUT2D eigenvalue weighted by Crippen LogP contribution is -2.07. The van der Waals surface area contributed by atoms with E-state index in [0.29, 0.717) is 0 Å². The van der Waals surface area contributed by atoms with Crippen LogP contribution in [0.15, 0.2) is 52.9 Å². The molecule has 0 saturated heterocycles. The van der Waals surface area contributed by atoms with Crippen molar-refractivity contribution in [2.45, 2.75) is 23.7 Å². The van der Waals surface area contributed by atoms with E-state index in [4.69, 9.17) is 4.98 Å². The third-order valence-corrected chi connectivity index (χ3v) is 4.02. The van der Waals surface area contributed by atoms with Crippen LogP contribution in [0.4, 0.5) is 0 Å². The fourth-order valence-electron chi connectivity index (χ4n) is 2.07. The monoisotopic (exact) mass is 296 g/mol. The topological polar surface area (TPSA) is 50.7 Å². The van der Waals surface area contributed by atoms with Gasteiger partial charge in [-0.1, -0.05) is 18.2 Å². The van der Waals surface area contributed by atoms with Crippen molar-refractivity contribution in [2.75, 3.05) is 7.05 Å². The number of aryl methyl sites for hydroxylation is 1. The van der Waals surface area contributed by atoms with Crippen molar-refractivity contribution < 1.29 is 0 Å². The van der Waals surface area contributed by atoms with E-state index < -0.39 is 0 Å². The number of rotatable bonds is 4. The second-order valence-corrected chi connectivity index (χ2v) is 5.78. The molecule has 0 atom stereocenters. The van der Waals surface area contributed by atoms with Crippen molar-refractivity contribution in [1.29, 1.82) is 0 Å². The molecule has 106 valence electrons. The molecule has 2 aromatic heterocycles. The van der Waals surface area contributed by atoms with Gasteiger partial charge in [-0.15, -0.1) is 0 Å². The predicted octanol–water partition coefficient (Wildman–Crippen LogP) is 3.20. The van der Waals surface area contributed by atoms with Gasteiger partial charge in [0.1, 0.15) is 5.03 Å². The molecule has 1 aromatic carbocycles. The maximum atomic E-state index is 4.75. The second kappa shape index (κ2) is 6.20. The zero-order valence-electron chi connectivity index (χ0n) is 12.0. The summed E-state index contributed by atoms with van der Waals surface area (Å²) in [5.41, 5.74) is 3.21. The molecule has 0 aliphatic carbocycles. The minimum atomic E-state index is 0.723. The maximum absolute atomic E-state index is 4.75. The average Bonchev–Trinajstić information content (AvgIpc) is 2.50. The molecule has 0 unspecified atom stereocenters. The summed E-state index contributed by atoms with van der Waals surface area (Å²) < 4.78 is 0. The third-order valence-electron chi connectivity index (χ3n) is 3.08. The SMILES string of the molecule is CNCc1cc2ccccc2nc1Sc1ncc(C)cn1. The molecule has 0 saturated carbocycles. The van der Waals surface area contributed by atoms with Crippen LogP contribution in [0.1, 0.15) is 11.1 Å².